The molecule has 0 rings (SSSR count). The number of nitrogens with zero attached hydrogens (tertiary/aromatic N) is 1. The normalized spacial score (nSPS) is 12.5. The van der Waals surface area contributed by atoms with E-state index in [1.807, 2.05) is 14.1 Å². The highest BCUT2D eigenvalue weighted by molar-refractivity contribution is 7.99. The number of hydrogen-bond donors (Lipinski definition) is 2. The van der Waals surface area contributed by atoms with Crippen molar-refractivity contribution >= 4 is 24.1 Å². The van der Waals surface area contributed by atoms with Crippen LogP contribution in [0, 0.1) is 0 Å². The van der Waals surface area contributed by atoms with Gasteiger partial charge in [0.15, 0.2) is 0 Å². The Morgan fingerprint density at radius 2 is 2.27 bits per heavy atom. The van der Waals surface area contributed by atoms with Crippen LogP contribution in [0.25, 0.3) is 0 Å². The highest BCUT2D eigenvalue weighted by Gasteiger charge is 2.15. The zero-order chi connectivity index (χ0) is 11.7. The van der Waals surface area contributed by atoms with Gasteiger partial charge in [-0.3, -0.25) is 4.79 Å². The van der Waals surface area contributed by atoms with Gasteiger partial charge in [0.05, 0.1) is 0 Å². The van der Waals surface area contributed by atoms with Gasteiger partial charge in [-0.05, 0) is 32.8 Å². The van der Waals surface area contributed by atoms with E-state index in [2.05, 4.69) is 10.2 Å². The minimum absolute atomic E-state index is 0.418. The summed E-state index contributed by atoms with van der Waals surface area (Å²) in [7, 11) is 4.00. The van der Waals surface area contributed by atoms with E-state index in [1.54, 1.807) is 11.8 Å². The molecule has 1 amide bonds. The summed E-state index contributed by atoms with van der Waals surface area (Å²) in [6.07, 6.45) is 1.45. The van der Waals surface area contributed by atoms with Crippen molar-refractivity contribution in [3.63, 3.8) is 0 Å². The van der Waals surface area contributed by atoms with Crippen molar-refractivity contribution in [1.82, 2.24) is 10.2 Å². The van der Waals surface area contributed by atoms with Crippen molar-refractivity contribution in [2.24, 2.45) is 0 Å². The first-order chi connectivity index (χ1) is 7.07. The fraction of sp³-hybridized carbons (Fsp3) is 0.778. The van der Waals surface area contributed by atoms with Gasteiger partial charge in [0.1, 0.15) is 6.04 Å². The maximum absolute atomic E-state index is 10.6. The van der Waals surface area contributed by atoms with Crippen LogP contribution < -0.4 is 5.32 Å². The lowest BCUT2D eigenvalue weighted by Crippen LogP contribution is -2.37. The molecule has 6 heteroatoms. The van der Waals surface area contributed by atoms with Crippen LogP contribution in [-0.4, -0.2) is 60.6 Å². The summed E-state index contributed by atoms with van der Waals surface area (Å²) >= 11 is 1.54. The predicted molar refractivity (Wildman–Crippen MR) is 61.1 cm³/mol. The van der Waals surface area contributed by atoms with E-state index in [0.717, 1.165) is 18.7 Å². The summed E-state index contributed by atoms with van der Waals surface area (Å²) in [5.74, 6) is 0.339. The second-order valence-electron chi connectivity index (χ2n) is 3.41. The summed E-state index contributed by atoms with van der Waals surface area (Å²) in [6.45, 7) is 0.992. The van der Waals surface area contributed by atoms with Gasteiger partial charge in [-0.15, -0.1) is 0 Å². The Labute approximate surface area is 94.2 Å². The Hall–Kier alpha value is -0.750. The molecule has 0 aliphatic rings. The fourth-order valence-corrected chi connectivity index (χ4v) is 1.93. The molecule has 1 atom stereocenters. The summed E-state index contributed by atoms with van der Waals surface area (Å²) < 4.78 is 0. The van der Waals surface area contributed by atoms with E-state index < -0.39 is 12.0 Å². The van der Waals surface area contributed by atoms with Gasteiger partial charge in [0, 0.05) is 5.75 Å². The Kier molecular flexibility index (Phi) is 8.12. The van der Waals surface area contributed by atoms with Gasteiger partial charge in [-0.25, -0.2) is 4.79 Å². The number of carboxylic acid groups (broad SMARTS) is 1. The number of carboxylic acids is 1. The third-order valence-corrected chi connectivity index (χ3v) is 2.89. The van der Waals surface area contributed by atoms with Crippen molar-refractivity contribution in [2.75, 3.05) is 32.1 Å². The largest absolute Gasteiger partial charge is 0.480 e. The van der Waals surface area contributed by atoms with Crippen LogP contribution in [0.5, 0.6) is 0 Å². The molecule has 0 radical (unpaired) electrons. The second-order valence-corrected chi connectivity index (χ2v) is 4.56. The van der Waals surface area contributed by atoms with E-state index >= 15 is 0 Å². The first-order valence-electron chi connectivity index (χ1n) is 4.73. The highest BCUT2D eigenvalue weighted by Crippen LogP contribution is 2.05. The number of nitrogens with one attached hydrogen (secondary N) is 1. The Bertz CT molecular complexity index is 200. The molecule has 0 saturated heterocycles. The molecule has 0 aromatic heterocycles. The van der Waals surface area contributed by atoms with Crippen molar-refractivity contribution in [3.8, 4) is 0 Å². The molecule has 0 saturated carbocycles. The Morgan fingerprint density at radius 3 is 2.73 bits per heavy atom. The molecule has 0 aliphatic carbocycles. The highest BCUT2D eigenvalue weighted by atomic mass is 32.2. The summed E-state index contributed by atoms with van der Waals surface area (Å²) in [5, 5.41) is 11.0. The maximum Gasteiger partial charge on any atom is 0.327 e. The topological polar surface area (TPSA) is 69.6 Å². The molecule has 0 aromatic carbocycles. The molecule has 0 aromatic rings. The minimum atomic E-state index is -0.984. The van der Waals surface area contributed by atoms with Gasteiger partial charge >= 0.3 is 5.97 Å². The molecule has 1 unspecified atom stereocenters. The number of rotatable bonds is 9. The first-order valence-corrected chi connectivity index (χ1v) is 5.88. The number of carbonyl (C=O) groups is 2. The lowest BCUT2D eigenvalue weighted by molar-refractivity contribution is -0.139. The number of hydrogen-bond acceptors (Lipinski definition) is 4. The third kappa shape index (κ3) is 8.26. The molecule has 5 nitrogen and oxygen atoms in total. The fourth-order valence-electron chi connectivity index (χ4n) is 0.957. The van der Waals surface area contributed by atoms with E-state index in [-0.39, 0.29) is 0 Å². The predicted octanol–water partition coefficient (Wildman–Crippen LogP) is -0.129. The minimum Gasteiger partial charge on any atom is -0.480 e. The first kappa shape index (κ1) is 14.2. The molecule has 15 heavy (non-hydrogen) atoms. The molecule has 0 spiro atoms. The van der Waals surface area contributed by atoms with Crippen molar-refractivity contribution in [3.05, 3.63) is 0 Å². The zero-order valence-corrected chi connectivity index (χ0v) is 9.92. The van der Waals surface area contributed by atoms with Crippen LogP contribution in [0.3, 0.4) is 0 Å². The monoisotopic (exact) mass is 234 g/mol. The standard InChI is InChI=1S/C9H18N2O3S/c1-11(2)4-3-5-15-6-8(9(13)14)10-7-12/h7-8H,3-6H2,1-2H3,(H,10,12)(H,13,14). The third-order valence-electron chi connectivity index (χ3n) is 1.75. The van der Waals surface area contributed by atoms with Gasteiger partial charge in [0.25, 0.3) is 0 Å². The van der Waals surface area contributed by atoms with E-state index in [9.17, 15) is 9.59 Å². The van der Waals surface area contributed by atoms with E-state index in [4.69, 9.17) is 5.11 Å². The van der Waals surface area contributed by atoms with Crippen LogP contribution in [0.4, 0.5) is 0 Å². The average molecular weight is 234 g/mol. The number of aliphatic carboxylic acids is 1. The molecular weight excluding hydrogens is 216 g/mol. The number of carbonyl (C=O) groups excluding carboxylic acids is 1. The quantitative estimate of drug-likeness (QED) is 0.429. The molecule has 0 fully saturated rings. The molecule has 88 valence electrons. The van der Waals surface area contributed by atoms with Crippen LogP contribution in [-0.2, 0) is 9.59 Å². The Morgan fingerprint density at radius 1 is 1.60 bits per heavy atom. The molecule has 0 bridgehead atoms. The molecule has 0 aliphatic heterocycles. The van der Waals surface area contributed by atoms with Gasteiger partial charge in [-0.2, -0.15) is 11.8 Å². The SMILES string of the molecule is CN(C)CCCSCC(NC=O)C(=O)O. The maximum atomic E-state index is 10.6. The summed E-state index contributed by atoms with van der Waals surface area (Å²) in [5.41, 5.74) is 0. The van der Waals surface area contributed by atoms with Crippen LogP contribution in [0.1, 0.15) is 6.42 Å². The molecule has 2 N–H and O–H groups in total. The number of amides is 1. The zero-order valence-electron chi connectivity index (χ0n) is 9.10. The van der Waals surface area contributed by atoms with Gasteiger partial charge in [-0.1, -0.05) is 0 Å². The summed E-state index contributed by atoms with van der Waals surface area (Å²) in [4.78, 5) is 22.8. The Balaban J connectivity index is 3.53. The molecule has 0 heterocycles. The lowest BCUT2D eigenvalue weighted by Gasteiger charge is -2.11. The molecular formula is C9H18N2O3S. The second kappa shape index (κ2) is 8.55. The van der Waals surface area contributed by atoms with Crippen molar-refractivity contribution in [1.29, 1.82) is 0 Å². The summed E-state index contributed by atoms with van der Waals surface area (Å²) in [6, 6.07) is -0.771. The van der Waals surface area contributed by atoms with Crippen LogP contribution in [0.15, 0.2) is 0 Å². The van der Waals surface area contributed by atoms with Crippen molar-refractivity contribution < 1.29 is 14.7 Å². The van der Waals surface area contributed by atoms with Crippen LogP contribution in [0.2, 0.25) is 0 Å². The average Bonchev–Trinajstić information content (AvgIpc) is 2.15. The van der Waals surface area contributed by atoms with E-state index in [1.165, 1.54) is 0 Å². The van der Waals surface area contributed by atoms with Gasteiger partial charge in [0.2, 0.25) is 6.41 Å². The lowest BCUT2D eigenvalue weighted by atomic mass is 10.3. The number of thioether (sulfide) groups is 1. The van der Waals surface area contributed by atoms with Crippen LogP contribution >= 0.6 is 11.8 Å². The van der Waals surface area contributed by atoms with E-state index in [0.29, 0.717) is 12.2 Å². The van der Waals surface area contributed by atoms with Crippen molar-refractivity contribution in [2.45, 2.75) is 12.5 Å². The van der Waals surface area contributed by atoms with Gasteiger partial charge < -0.3 is 15.3 Å². The smallest absolute Gasteiger partial charge is 0.327 e.